The Hall–Kier alpha value is -3.27. The number of amides is 1. The fourth-order valence-electron chi connectivity index (χ4n) is 3.74. The maximum Gasteiger partial charge on any atom is 0.246 e. The van der Waals surface area contributed by atoms with E-state index in [1.165, 1.54) is 5.56 Å². The molecule has 0 aliphatic heterocycles. The quantitative estimate of drug-likeness (QED) is 0.465. The minimum atomic E-state index is -0.379. The Morgan fingerprint density at radius 1 is 0.893 bits per heavy atom. The topological polar surface area (TPSA) is 54.3 Å². The highest BCUT2D eigenvalue weighted by molar-refractivity contribution is 6.06. The van der Waals surface area contributed by atoms with Crippen LogP contribution in [0.25, 0.3) is 21.9 Å². The van der Waals surface area contributed by atoms with Gasteiger partial charge in [0.2, 0.25) is 5.91 Å². The summed E-state index contributed by atoms with van der Waals surface area (Å²) in [4.78, 5) is 12.7. The average molecular weight is 372 g/mol. The Morgan fingerprint density at radius 3 is 2.32 bits per heavy atom. The number of nitrogens with one attached hydrogen (secondary N) is 2. The summed E-state index contributed by atoms with van der Waals surface area (Å²) in [6.45, 7) is 7.97. The van der Waals surface area contributed by atoms with E-state index in [0.29, 0.717) is 0 Å². The minimum absolute atomic E-state index is 0.0628. The van der Waals surface area contributed by atoms with Gasteiger partial charge in [0.1, 0.15) is 17.2 Å². The van der Waals surface area contributed by atoms with E-state index in [1.807, 2.05) is 63.2 Å². The van der Waals surface area contributed by atoms with Crippen LogP contribution in [-0.4, -0.2) is 11.9 Å². The molecule has 4 heteroatoms. The smallest absolute Gasteiger partial charge is 0.246 e. The molecule has 0 radical (unpaired) electrons. The first-order valence-corrected chi connectivity index (χ1v) is 9.49. The fourth-order valence-corrected chi connectivity index (χ4v) is 3.74. The van der Waals surface area contributed by atoms with Crippen molar-refractivity contribution >= 4 is 39.2 Å². The molecule has 3 aromatic carbocycles. The molecule has 28 heavy (non-hydrogen) atoms. The molecule has 1 aromatic heterocycles. The lowest BCUT2D eigenvalue weighted by molar-refractivity contribution is -0.116. The van der Waals surface area contributed by atoms with Crippen molar-refractivity contribution in [3.8, 4) is 0 Å². The zero-order chi connectivity index (χ0) is 19.8. The van der Waals surface area contributed by atoms with Crippen LogP contribution in [0.5, 0.6) is 0 Å². The van der Waals surface area contributed by atoms with Crippen LogP contribution in [0.1, 0.15) is 23.6 Å². The first-order valence-electron chi connectivity index (χ1n) is 9.49. The first kappa shape index (κ1) is 18.1. The van der Waals surface area contributed by atoms with Crippen LogP contribution in [0, 0.1) is 20.8 Å². The van der Waals surface area contributed by atoms with E-state index in [4.69, 9.17) is 4.42 Å². The summed E-state index contributed by atoms with van der Waals surface area (Å²) < 4.78 is 5.87. The van der Waals surface area contributed by atoms with Gasteiger partial charge < -0.3 is 15.1 Å². The van der Waals surface area contributed by atoms with E-state index in [-0.39, 0.29) is 11.9 Å². The zero-order valence-electron chi connectivity index (χ0n) is 16.6. The molecule has 0 saturated carbocycles. The third-order valence-electron chi connectivity index (χ3n) is 5.08. The number of fused-ring (bicyclic) bond motifs is 3. The summed E-state index contributed by atoms with van der Waals surface area (Å²) >= 11 is 0. The maximum atomic E-state index is 12.7. The summed E-state index contributed by atoms with van der Waals surface area (Å²) in [5.74, 6) is -0.0628. The highest BCUT2D eigenvalue weighted by atomic mass is 16.3. The second kappa shape index (κ2) is 7.04. The van der Waals surface area contributed by atoms with Crippen LogP contribution >= 0.6 is 0 Å². The van der Waals surface area contributed by atoms with E-state index >= 15 is 0 Å². The second-order valence-electron chi connectivity index (χ2n) is 7.44. The summed E-state index contributed by atoms with van der Waals surface area (Å²) in [5, 5.41) is 8.49. The van der Waals surface area contributed by atoms with Gasteiger partial charge in [0.25, 0.3) is 0 Å². The van der Waals surface area contributed by atoms with Crippen molar-refractivity contribution in [1.82, 2.24) is 0 Å². The number of furan rings is 1. The normalized spacial score (nSPS) is 12.3. The molecule has 4 rings (SSSR count). The number of anilines is 2. The molecule has 4 nitrogen and oxygen atoms in total. The van der Waals surface area contributed by atoms with Gasteiger partial charge in [-0.1, -0.05) is 35.9 Å². The van der Waals surface area contributed by atoms with Crippen LogP contribution in [0.2, 0.25) is 0 Å². The molecule has 0 fully saturated rings. The Kier molecular flexibility index (Phi) is 4.55. The average Bonchev–Trinajstić information content (AvgIpc) is 3.02. The van der Waals surface area contributed by atoms with Gasteiger partial charge in [0.05, 0.1) is 0 Å². The summed E-state index contributed by atoms with van der Waals surface area (Å²) in [6.07, 6.45) is 0. The van der Waals surface area contributed by atoms with Gasteiger partial charge in [-0.2, -0.15) is 0 Å². The predicted octanol–water partition coefficient (Wildman–Crippen LogP) is 5.95. The molecule has 0 aliphatic rings. The lowest BCUT2D eigenvalue weighted by atomic mass is 10.0. The summed E-state index contributed by atoms with van der Waals surface area (Å²) in [7, 11) is 0. The van der Waals surface area contributed by atoms with E-state index < -0.39 is 0 Å². The molecule has 1 heterocycles. The molecule has 4 aromatic rings. The summed E-state index contributed by atoms with van der Waals surface area (Å²) in [6, 6.07) is 17.7. The highest BCUT2D eigenvalue weighted by Gasteiger charge is 2.16. The molecular weight excluding hydrogens is 348 g/mol. The molecule has 0 spiro atoms. The molecular formula is C24H24N2O2. The number of benzene rings is 3. The third-order valence-corrected chi connectivity index (χ3v) is 5.08. The fraction of sp³-hybridized carbons (Fsp3) is 0.208. The number of hydrogen-bond acceptors (Lipinski definition) is 3. The number of carbonyl (C=O) groups excluding carboxylic acids is 1. The predicted molar refractivity (Wildman–Crippen MR) is 116 cm³/mol. The molecule has 0 bridgehead atoms. The van der Waals surface area contributed by atoms with Crippen molar-refractivity contribution in [3.05, 3.63) is 71.3 Å². The third kappa shape index (κ3) is 3.33. The lowest BCUT2D eigenvalue weighted by Crippen LogP contribution is -2.32. The Morgan fingerprint density at radius 2 is 1.57 bits per heavy atom. The molecule has 142 valence electrons. The van der Waals surface area contributed by atoms with Crippen molar-refractivity contribution in [2.24, 2.45) is 0 Å². The van der Waals surface area contributed by atoms with Crippen LogP contribution in [0.3, 0.4) is 0 Å². The summed E-state index contributed by atoms with van der Waals surface area (Å²) in [5.41, 5.74) is 6.83. The van der Waals surface area contributed by atoms with Crippen molar-refractivity contribution in [2.45, 2.75) is 33.7 Å². The lowest BCUT2D eigenvalue weighted by Gasteiger charge is -2.18. The van der Waals surface area contributed by atoms with Crippen molar-refractivity contribution in [2.75, 3.05) is 10.6 Å². The largest absolute Gasteiger partial charge is 0.456 e. The van der Waals surface area contributed by atoms with Gasteiger partial charge in [0, 0.05) is 22.1 Å². The van der Waals surface area contributed by atoms with Gasteiger partial charge in [-0.15, -0.1) is 0 Å². The van der Waals surface area contributed by atoms with Crippen molar-refractivity contribution in [1.29, 1.82) is 0 Å². The second-order valence-corrected chi connectivity index (χ2v) is 7.44. The highest BCUT2D eigenvalue weighted by Crippen LogP contribution is 2.30. The maximum absolute atomic E-state index is 12.7. The van der Waals surface area contributed by atoms with Crippen molar-refractivity contribution in [3.63, 3.8) is 0 Å². The molecule has 0 saturated heterocycles. The van der Waals surface area contributed by atoms with Gasteiger partial charge in [-0.05, 0) is 63.1 Å². The van der Waals surface area contributed by atoms with Gasteiger partial charge in [0.15, 0.2) is 0 Å². The molecule has 0 unspecified atom stereocenters. The number of rotatable bonds is 4. The van der Waals surface area contributed by atoms with Gasteiger partial charge in [-0.3, -0.25) is 4.79 Å². The number of aryl methyl sites for hydroxylation is 3. The number of hydrogen-bond donors (Lipinski definition) is 2. The Balaban J connectivity index is 1.55. The molecule has 1 amide bonds. The monoisotopic (exact) mass is 372 g/mol. The van der Waals surface area contributed by atoms with Crippen molar-refractivity contribution < 1.29 is 9.21 Å². The Bertz CT molecular complexity index is 1170. The number of carbonyl (C=O) groups is 1. The van der Waals surface area contributed by atoms with E-state index in [0.717, 1.165) is 44.4 Å². The van der Waals surface area contributed by atoms with E-state index in [9.17, 15) is 4.79 Å². The SMILES string of the molecule is Cc1cc(C)c(NC(=O)[C@@H](C)Nc2ccc3oc4ccccc4c3c2)c(C)c1. The minimum Gasteiger partial charge on any atom is -0.456 e. The van der Waals surface area contributed by atoms with Gasteiger partial charge >= 0.3 is 0 Å². The van der Waals surface area contributed by atoms with Crippen LogP contribution in [0.4, 0.5) is 11.4 Å². The first-order chi connectivity index (χ1) is 13.4. The zero-order valence-corrected chi connectivity index (χ0v) is 16.6. The molecule has 1 atom stereocenters. The molecule has 0 aliphatic carbocycles. The standard InChI is InChI=1S/C24H24N2O2/c1-14-11-15(2)23(16(3)12-14)26-24(27)17(4)25-18-9-10-22-20(13-18)19-7-5-6-8-21(19)28-22/h5-13,17,25H,1-4H3,(H,26,27)/t17-/m1/s1. The Labute approximate surface area is 164 Å². The molecule has 2 N–H and O–H groups in total. The van der Waals surface area contributed by atoms with Crippen LogP contribution in [-0.2, 0) is 4.79 Å². The van der Waals surface area contributed by atoms with Gasteiger partial charge in [-0.25, -0.2) is 0 Å². The van der Waals surface area contributed by atoms with E-state index in [1.54, 1.807) is 0 Å². The van der Waals surface area contributed by atoms with Crippen LogP contribution in [0.15, 0.2) is 59.0 Å². The van der Waals surface area contributed by atoms with E-state index in [2.05, 4.69) is 29.7 Å². The number of para-hydroxylation sites is 1. The van der Waals surface area contributed by atoms with Crippen LogP contribution < -0.4 is 10.6 Å².